The molecule has 0 aliphatic carbocycles. The van der Waals surface area contributed by atoms with Gasteiger partial charge in [0, 0.05) is 16.8 Å². The number of benzene rings is 2. The van der Waals surface area contributed by atoms with Crippen LogP contribution in [0.3, 0.4) is 0 Å². The van der Waals surface area contributed by atoms with E-state index in [0.29, 0.717) is 0 Å². The second-order valence-electron chi connectivity index (χ2n) is 3.64. The smallest absolute Gasteiger partial charge is 0.327 e. The lowest BCUT2D eigenvalue weighted by Crippen LogP contribution is -1.82. The summed E-state index contributed by atoms with van der Waals surface area (Å²) in [5.74, 6) is -0.981. The van der Waals surface area contributed by atoms with Crippen LogP contribution in [0.1, 0.15) is 0 Å². The largest absolute Gasteiger partial charge is 0.478 e. The highest BCUT2D eigenvalue weighted by Crippen LogP contribution is 2.27. The van der Waals surface area contributed by atoms with Gasteiger partial charge in [0.05, 0.1) is 0 Å². The number of carbonyl (C=O) groups is 1. The minimum atomic E-state index is -0.981. The number of rotatable bonds is 1. The van der Waals surface area contributed by atoms with Crippen LogP contribution in [0, 0.1) is 0 Å². The fraction of sp³-hybridized carbons (Fsp3) is 0. The van der Waals surface area contributed by atoms with Crippen LogP contribution in [0.4, 0.5) is 0 Å². The Bertz CT molecular complexity index is 645. The summed E-state index contributed by atoms with van der Waals surface area (Å²) in [5, 5.41) is 9.99. The lowest BCUT2D eigenvalue weighted by atomic mass is 10.2. The Hall–Kier alpha value is -2.55. The average Bonchev–Trinajstić information content (AvgIpc) is 2.78. The first-order valence-corrected chi connectivity index (χ1v) is 5.44. The van der Waals surface area contributed by atoms with Gasteiger partial charge in [0.15, 0.2) is 0 Å². The van der Waals surface area contributed by atoms with E-state index >= 15 is 0 Å². The van der Waals surface area contributed by atoms with Crippen molar-refractivity contribution in [2.75, 3.05) is 0 Å². The van der Waals surface area contributed by atoms with Crippen molar-refractivity contribution in [1.82, 2.24) is 0 Å². The SMILES string of the molecule is C=CC(=O)O.c1ccc2c(c1)oc1ccccc12. The fourth-order valence-electron chi connectivity index (χ4n) is 1.67. The molecule has 0 spiro atoms. The predicted molar refractivity (Wildman–Crippen MR) is 71.6 cm³/mol. The van der Waals surface area contributed by atoms with Crippen molar-refractivity contribution in [3.8, 4) is 0 Å². The lowest BCUT2D eigenvalue weighted by molar-refractivity contribution is -0.131. The zero-order valence-corrected chi connectivity index (χ0v) is 9.67. The molecule has 0 aliphatic heterocycles. The van der Waals surface area contributed by atoms with Gasteiger partial charge in [0.25, 0.3) is 0 Å². The van der Waals surface area contributed by atoms with Crippen molar-refractivity contribution in [2.24, 2.45) is 0 Å². The molecule has 0 bridgehead atoms. The summed E-state index contributed by atoms with van der Waals surface area (Å²) in [5.41, 5.74) is 1.92. The van der Waals surface area contributed by atoms with E-state index in [1.54, 1.807) is 0 Å². The molecule has 2 aromatic carbocycles. The van der Waals surface area contributed by atoms with Crippen molar-refractivity contribution in [3.63, 3.8) is 0 Å². The molecular weight excluding hydrogens is 228 g/mol. The molecule has 3 rings (SSSR count). The van der Waals surface area contributed by atoms with Gasteiger partial charge in [0.2, 0.25) is 0 Å². The van der Waals surface area contributed by atoms with Crippen LogP contribution in [0.15, 0.2) is 65.6 Å². The summed E-state index contributed by atoms with van der Waals surface area (Å²) in [6.45, 7) is 2.96. The van der Waals surface area contributed by atoms with Crippen molar-refractivity contribution < 1.29 is 14.3 Å². The third kappa shape index (κ3) is 2.40. The van der Waals surface area contributed by atoms with Crippen molar-refractivity contribution in [2.45, 2.75) is 0 Å². The molecule has 0 radical (unpaired) electrons. The first-order valence-electron chi connectivity index (χ1n) is 5.44. The van der Waals surface area contributed by atoms with Gasteiger partial charge < -0.3 is 9.52 Å². The molecular formula is C15H12O3. The monoisotopic (exact) mass is 240 g/mol. The standard InChI is InChI=1S/C12H8O.C3H4O2/c1-3-7-11-9(5-1)10-6-2-4-8-12(10)13-11;1-2-3(4)5/h1-8H;2H,1H2,(H,4,5). The molecule has 1 aromatic heterocycles. The maximum Gasteiger partial charge on any atom is 0.327 e. The van der Waals surface area contributed by atoms with Gasteiger partial charge in [-0.25, -0.2) is 4.79 Å². The summed E-state index contributed by atoms with van der Waals surface area (Å²) >= 11 is 0. The topological polar surface area (TPSA) is 50.4 Å². The first-order chi connectivity index (χ1) is 8.72. The van der Waals surface area contributed by atoms with E-state index in [0.717, 1.165) is 17.2 Å². The minimum Gasteiger partial charge on any atom is -0.478 e. The predicted octanol–water partition coefficient (Wildman–Crippen LogP) is 3.84. The molecule has 0 unspecified atom stereocenters. The lowest BCUT2D eigenvalue weighted by Gasteiger charge is -1.85. The molecule has 0 saturated carbocycles. The maximum atomic E-state index is 9.25. The quantitative estimate of drug-likeness (QED) is 0.657. The van der Waals surface area contributed by atoms with Crippen molar-refractivity contribution in [3.05, 3.63) is 61.2 Å². The number of hydrogen-bond acceptors (Lipinski definition) is 2. The summed E-state index contributed by atoms with van der Waals surface area (Å²) in [7, 11) is 0. The van der Waals surface area contributed by atoms with Crippen LogP contribution in [-0.4, -0.2) is 11.1 Å². The maximum absolute atomic E-state index is 9.25. The molecule has 1 N–H and O–H groups in total. The van der Waals surface area contributed by atoms with Crippen LogP contribution in [0.2, 0.25) is 0 Å². The van der Waals surface area contributed by atoms with Gasteiger partial charge >= 0.3 is 5.97 Å². The molecule has 1 heterocycles. The number of fused-ring (bicyclic) bond motifs is 3. The van der Waals surface area contributed by atoms with E-state index in [1.807, 2.05) is 36.4 Å². The summed E-state index contributed by atoms with van der Waals surface area (Å²) < 4.78 is 5.65. The number of carboxylic acids is 1. The molecule has 3 aromatic rings. The Balaban J connectivity index is 0.000000209. The Labute approximate surface area is 104 Å². The van der Waals surface area contributed by atoms with Gasteiger partial charge in [-0.3, -0.25) is 0 Å². The Kier molecular flexibility index (Phi) is 3.44. The molecule has 0 atom stereocenters. The molecule has 0 saturated heterocycles. The van der Waals surface area contributed by atoms with Crippen LogP contribution >= 0.6 is 0 Å². The minimum absolute atomic E-state index is 0.833. The van der Waals surface area contributed by atoms with Gasteiger partial charge in [-0.05, 0) is 12.1 Å². The van der Waals surface area contributed by atoms with Gasteiger partial charge in [-0.2, -0.15) is 0 Å². The second-order valence-corrected chi connectivity index (χ2v) is 3.64. The number of furan rings is 1. The van der Waals surface area contributed by atoms with Crippen LogP contribution in [-0.2, 0) is 4.79 Å². The Morgan fingerprint density at radius 3 is 1.78 bits per heavy atom. The zero-order chi connectivity index (χ0) is 13.0. The summed E-state index contributed by atoms with van der Waals surface area (Å²) in [6, 6.07) is 16.2. The van der Waals surface area contributed by atoms with Crippen molar-refractivity contribution in [1.29, 1.82) is 0 Å². The van der Waals surface area contributed by atoms with Crippen LogP contribution < -0.4 is 0 Å². The average molecular weight is 240 g/mol. The highest BCUT2D eigenvalue weighted by molar-refractivity contribution is 6.04. The Morgan fingerprint density at radius 1 is 1.00 bits per heavy atom. The normalized spacial score (nSPS) is 9.78. The second kappa shape index (κ2) is 5.19. The van der Waals surface area contributed by atoms with E-state index in [4.69, 9.17) is 9.52 Å². The zero-order valence-electron chi connectivity index (χ0n) is 9.67. The van der Waals surface area contributed by atoms with E-state index in [2.05, 4.69) is 18.7 Å². The molecule has 90 valence electrons. The van der Waals surface area contributed by atoms with Crippen LogP contribution in [0.25, 0.3) is 21.9 Å². The summed E-state index contributed by atoms with van der Waals surface area (Å²) in [4.78, 5) is 9.25. The highest BCUT2D eigenvalue weighted by atomic mass is 16.4. The van der Waals surface area contributed by atoms with Gasteiger partial charge in [-0.15, -0.1) is 0 Å². The van der Waals surface area contributed by atoms with E-state index in [1.165, 1.54) is 10.8 Å². The van der Waals surface area contributed by atoms with E-state index < -0.39 is 5.97 Å². The van der Waals surface area contributed by atoms with Gasteiger partial charge in [0.1, 0.15) is 11.2 Å². The highest BCUT2D eigenvalue weighted by Gasteiger charge is 2.03. The molecule has 18 heavy (non-hydrogen) atoms. The molecule has 0 aliphatic rings. The molecule has 3 nitrogen and oxygen atoms in total. The summed E-state index contributed by atoms with van der Waals surface area (Å²) in [6.07, 6.45) is 0.833. The van der Waals surface area contributed by atoms with E-state index in [9.17, 15) is 4.79 Å². The number of aliphatic carboxylic acids is 1. The molecule has 0 amide bonds. The number of carboxylic acid groups (broad SMARTS) is 1. The van der Waals surface area contributed by atoms with E-state index in [-0.39, 0.29) is 0 Å². The third-order valence-electron chi connectivity index (χ3n) is 2.46. The van der Waals surface area contributed by atoms with Gasteiger partial charge in [-0.1, -0.05) is 43.0 Å². The van der Waals surface area contributed by atoms with Crippen LogP contribution in [0.5, 0.6) is 0 Å². The molecule has 3 heteroatoms. The number of para-hydroxylation sites is 2. The molecule has 0 fully saturated rings. The Morgan fingerprint density at radius 2 is 1.39 bits per heavy atom. The first kappa shape index (κ1) is 11.9. The van der Waals surface area contributed by atoms with Crippen molar-refractivity contribution >= 4 is 27.9 Å². The fourth-order valence-corrected chi connectivity index (χ4v) is 1.67. The third-order valence-corrected chi connectivity index (χ3v) is 2.46. The number of hydrogen-bond donors (Lipinski definition) is 1.